The lowest BCUT2D eigenvalue weighted by molar-refractivity contribution is 0.0696. The molecule has 0 atom stereocenters. The van der Waals surface area contributed by atoms with Crippen molar-refractivity contribution < 1.29 is 18.3 Å². The predicted octanol–water partition coefficient (Wildman–Crippen LogP) is 3.36. The molecule has 2 N–H and O–H groups in total. The van der Waals surface area contributed by atoms with E-state index < -0.39 is 16.0 Å². The van der Waals surface area contributed by atoms with Crippen LogP contribution in [0.15, 0.2) is 41.3 Å². The van der Waals surface area contributed by atoms with Crippen molar-refractivity contribution in [3.63, 3.8) is 0 Å². The lowest BCUT2D eigenvalue weighted by atomic mass is 10.1. The van der Waals surface area contributed by atoms with Crippen LogP contribution >= 0.6 is 0 Å². The Hall–Kier alpha value is -2.34. The summed E-state index contributed by atoms with van der Waals surface area (Å²) in [5.74, 6) is -1.16. The molecule has 0 heterocycles. The number of carboxylic acids is 1. The number of anilines is 1. The Balaban J connectivity index is 2.50. The second-order valence-corrected chi connectivity index (χ2v) is 7.06. The third-order valence-electron chi connectivity index (χ3n) is 3.61. The Morgan fingerprint density at radius 2 is 1.83 bits per heavy atom. The molecule has 0 amide bonds. The minimum atomic E-state index is -3.86. The number of nitrogens with one attached hydrogen (secondary N) is 1. The van der Waals surface area contributed by atoms with Crippen LogP contribution < -0.4 is 4.72 Å². The number of carboxylic acid groups (broad SMARTS) is 1. The van der Waals surface area contributed by atoms with Gasteiger partial charge in [0.1, 0.15) is 0 Å². The molecule has 2 aromatic carbocycles. The van der Waals surface area contributed by atoms with Crippen LogP contribution in [0.5, 0.6) is 0 Å². The predicted molar refractivity (Wildman–Crippen MR) is 89.5 cm³/mol. The van der Waals surface area contributed by atoms with Gasteiger partial charge in [0.15, 0.2) is 0 Å². The molecule has 0 saturated heterocycles. The fraction of sp³-hybridized carbons (Fsp3) is 0.235. The maximum atomic E-state index is 12.7. The second-order valence-electron chi connectivity index (χ2n) is 5.41. The number of rotatable bonds is 5. The van der Waals surface area contributed by atoms with Crippen LogP contribution in [0.1, 0.15) is 34.0 Å². The number of aromatic carboxylic acids is 1. The molecule has 0 fully saturated rings. The Kier molecular flexibility index (Phi) is 4.75. The van der Waals surface area contributed by atoms with Crippen molar-refractivity contribution in [2.75, 3.05) is 4.72 Å². The second kappa shape index (κ2) is 6.42. The highest BCUT2D eigenvalue weighted by Gasteiger charge is 2.20. The first-order valence-electron chi connectivity index (χ1n) is 7.21. The quantitative estimate of drug-likeness (QED) is 0.879. The summed E-state index contributed by atoms with van der Waals surface area (Å²) in [4.78, 5) is 11.1. The van der Waals surface area contributed by atoms with Crippen molar-refractivity contribution in [2.45, 2.75) is 32.1 Å². The third-order valence-corrected chi connectivity index (χ3v) is 5.06. The molecule has 0 spiro atoms. The van der Waals surface area contributed by atoms with Crippen molar-refractivity contribution in [1.29, 1.82) is 0 Å². The summed E-state index contributed by atoms with van der Waals surface area (Å²) in [5.41, 5.74) is 2.85. The van der Waals surface area contributed by atoms with Crippen LogP contribution in [0, 0.1) is 13.8 Å². The summed E-state index contributed by atoms with van der Waals surface area (Å²) in [7, 11) is -3.86. The average Bonchev–Trinajstić information content (AvgIpc) is 2.49. The van der Waals surface area contributed by atoms with Gasteiger partial charge in [-0.1, -0.05) is 30.7 Å². The van der Waals surface area contributed by atoms with Gasteiger partial charge in [-0.05, 0) is 49.6 Å². The smallest absolute Gasteiger partial charge is 0.335 e. The van der Waals surface area contributed by atoms with Gasteiger partial charge in [0, 0.05) is 0 Å². The topological polar surface area (TPSA) is 83.5 Å². The van der Waals surface area contributed by atoms with Gasteiger partial charge < -0.3 is 5.11 Å². The number of aryl methyl sites for hydroxylation is 3. The average molecular weight is 333 g/mol. The molecule has 2 rings (SSSR count). The van der Waals surface area contributed by atoms with E-state index in [-0.39, 0.29) is 10.5 Å². The van der Waals surface area contributed by atoms with E-state index >= 15 is 0 Å². The molecule has 0 aliphatic heterocycles. The van der Waals surface area contributed by atoms with Gasteiger partial charge in [-0.3, -0.25) is 4.72 Å². The van der Waals surface area contributed by atoms with E-state index in [1.54, 1.807) is 12.1 Å². The number of benzene rings is 2. The molecule has 122 valence electrons. The summed E-state index contributed by atoms with van der Waals surface area (Å²) in [6, 6.07) is 9.56. The molecular formula is C17H19NO4S. The number of hydrogen-bond acceptors (Lipinski definition) is 3. The highest BCUT2D eigenvalue weighted by Crippen LogP contribution is 2.24. The third kappa shape index (κ3) is 3.71. The van der Waals surface area contributed by atoms with Gasteiger partial charge in [0.05, 0.1) is 16.1 Å². The van der Waals surface area contributed by atoms with E-state index in [0.717, 1.165) is 11.1 Å². The molecule has 0 aromatic heterocycles. The van der Waals surface area contributed by atoms with Crippen molar-refractivity contribution in [3.05, 3.63) is 58.7 Å². The summed E-state index contributed by atoms with van der Waals surface area (Å²) >= 11 is 0. The van der Waals surface area contributed by atoms with Crippen LogP contribution in [0.4, 0.5) is 5.69 Å². The zero-order valence-corrected chi connectivity index (χ0v) is 14.1. The fourth-order valence-electron chi connectivity index (χ4n) is 2.36. The van der Waals surface area contributed by atoms with Gasteiger partial charge in [0.2, 0.25) is 0 Å². The maximum absolute atomic E-state index is 12.7. The molecular weight excluding hydrogens is 314 g/mol. The molecule has 2 aromatic rings. The zero-order valence-electron chi connectivity index (χ0n) is 13.3. The van der Waals surface area contributed by atoms with E-state index in [1.165, 1.54) is 12.1 Å². The van der Waals surface area contributed by atoms with Gasteiger partial charge in [-0.15, -0.1) is 0 Å². The monoisotopic (exact) mass is 333 g/mol. The fourth-order valence-corrected chi connectivity index (χ4v) is 3.83. The lowest BCUT2D eigenvalue weighted by Gasteiger charge is -2.14. The maximum Gasteiger partial charge on any atom is 0.335 e. The molecule has 0 unspecified atom stereocenters. The molecule has 0 aliphatic carbocycles. The number of hydrogen-bond donors (Lipinski definition) is 2. The highest BCUT2D eigenvalue weighted by molar-refractivity contribution is 7.92. The van der Waals surface area contributed by atoms with Crippen molar-refractivity contribution in [1.82, 2.24) is 0 Å². The van der Waals surface area contributed by atoms with Crippen molar-refractivity contribution in [3.8, 4) is 0 Å². The minimum Gasteiger partial charge on any atom is -0.478 e. The van der Waals surface area contributed by atoms with E-state index in [2.05, 4.69) is 4.72 Å². The molecule has 23 heavy (non-hydrogen) atoms. The van der Waals surface area contributed by atoms with Crippen LogP contribution in [0.3, 0.4) is 0 Å². The summed E-state index contributed by atoms with van der Waals surface area (Å²) in [6.45, 7) is 5.57. The number of sulfonamides is 1. The molecule has 6 heteroatoms. The SMILES string of the molecule is CCc1ccc(C(=O)O)cc1S(=O)(=O)Nc1ccc(C)cc1C. The Bertz CT molecular complexity index is 857. The summed E-state index contributed by atoms with van der Waals surface area (Å²) in [5, 5.41) is 9.09. The standard InChI is InChI=1S/C17H19NO4S/c1-4-13-6-7-14(17(19)20)10-16(13)23(21,22)18-15-8-5-11(2)9-12(15)3/h5-10,18H,4H2,1-3H3,(H,19,20). The number of carbonyl (C=O) groups is 1. The Labute approximate surface area is 136 Å². The van der Waals surface area contributed by atoms with Crippen LogP contribution in [-0.4, -0.2) is 19.5 Å². The van der Waals surface area contributed by atoms with Crippen molar-refractivity contribution in [2.24, 2.45) is 0 Å². The van der Waals surface area contributed by atoms with Gasteiger partial charge in [-0.25, -0.2) is 13.2 Å². The normalized spacial score (nSPS) is 11.3. The van der Waals surface area contributed by atoms with Crippen LogP contribution in [-0.2, 0) is 16.4 Å². The molecule has 0 radical (unpaired) electrons. The first-order chi connectivity index (χ1) is 10.7. The van der Waals surface area contributed by atoms with Gasteiger partial charge in [-0.2, -0.15) is 0 Å². The van der Waals surface area contributed by atoms with E-state index in [1.807, 2.05) is 32.9 Å². The van der Waals surface area contributed by atoms with E-state index in [0.29, 0.717) is 17.7 Å². The van der Waals surface area contributed by atoms with Gasteiger partial charge >= 0.3 is 5.97 Å². The Morgan fingerprint density at radius 3 is 2.39 bits per heavy atom. The molecule has 5 nitrogen and oxygen atoms in total. The molecule has 0 saturated carbocycles. The summed E-state index contributed by atoms with van der Waals surface area (Å²) < 4.78 is 27.9. The molecule has 0 aliphatic rings. The summed E-state index contributed by atoms with van der Waals surface area (Å²) in [6.07, 6.45) is 0.489. The minimum absolute atomic E-state index is 0.000116. The first kappa shape index (κ1) is 17.0. The zero-order chi connectivity index (χ0) is 17.2. The van der Waals surface area contributed by atoms with Crippen LogP contribution in [0.25, 0.3) is 0 Å². The largest absolute Gasteiger partial charge is 0.478 e. The molecule has 0 bridgehead atoms. The lowest BCUT2D eigenvalue weighted by Crippen LogP contribution is -2.16. The first-order valence-corrected chi connectivity index (χ1v) is 8.69. The Morgan fingerprint density at radius 1 is 1.13 bits per heavy atom. The van der Waals surface area contributed by atoms with E-state index in [4.69, 9.17) is 5.11 Å². The van der Waals surface area contributed by atoms with Crippen LogP contribution in [0.2, 0.25) is 0 Å². The van der Waals surface area contributed by atoms with Gasteiger partial charge in [0.25, 0.3) is 10.0 Å². The van der Waals surface area contributed by atoms with Crippen molar-refractivity contribution >= 4 is 21.7 Å². The highest BCUT2D eigenvalue weighted by atomic mass is 32.2. The van der Waals surface area contributed by atoms with E-state index in [9.17, 15) is 13.2 Å².